The second-order valence-electron chi connectivity index (χ2n) is 10.1. The lowest BCUT2D eigenvalue weighted by Gasteiger charge is -2.34. The van der Waals surface area contributed by atoms with E-state index < -0.39 is 24.0 Å². The van der Waals surface area contributed by atoms with Crippen molar-refractivity contribution in [2.24, 2.45) is 17.8 Å². The Balaban J connectivity index is 1.13. The number of carboxylic acids is 1. The van der Waals surface area contributed by atoms with Crippen LogP contribution in [0.5, 0.6) is 0 Å². The fourth-order valence-corrected chi connectivity index (χ4v) is 6.13. The normalized spacial score (nSPS) is 25.2. The average molecular weight is 461 g/mol. The number of benzene rings is 2. The SMILES string of the molecule is O=C(N[C@@H](CC1CC1)C(=O)N1CC2CC1C2C(=O)O)OCC1c2ccccc2-c2ccccc21. The van der Waals surface area contributed by atoms with Crippen molar-refractivity contribution in [2.75, 3.05) is 13.2 Å². The van der Waals surface area contributed by atoms with Crippen molar-refractivity contribution in [3.8, 4) is 11.1 Å². The zero-order valence-corrected chi connectivity index (χ0v) is 18.9. The molecular weight excluding hydrogens is 432 g/mol. The van der Waals surface area contributed by atoms with E-state index in [1.807, 2.05) is 24.3 Å². The topological polar surface area (TPSA) is 95.9 Å². The molecule has 0 radical (unpaired) electrons. The molecule has 7 heteroatoms. The standard InChI is InChI=1S/C27H28N2O5/c30-25(29-13-16-12-23(29)24(16)26(31)32)22(11-15-9-10-15)28-27(33)34-14-21-19-7-3-1-5-17(19)18-6-2-4-8-20(18)21/h1-8,15-16,21-24H,9-14H2,(H,28,33)(H,31,32)/t16?,22-,23?,24?/m0/s1. The van der Waals surface area contributed by atoms with Crippen LogP contribution in [0.1, 0.15) is 42.7 Å². The number of ether oxygens (including phenoxy) is 1. The van der Waals surface area contributed by atoms with Crippen LogP contribution in [0.25, 0.3) is 11.1 Å². The number of carbonyl (C=O) groups excluding carboxylic acids is 2. The fourth-order valence-electron chi connectivity index (χ4n) is 6.13. The largest absolute Gasteiger partial charge is 0.481 e. The van der Waals surface area contributed by atoms with Gasteiger partial charge < -0.3 is 20.1 Å². The summed E-state index contributed by atoms with van der Waals surface area (Å²) in [5.74, 6) is -1.06. The van der Waals surface area contributed by atoms with Gasteiger partial charge in [-0.3, -0.25) is 9.59 Å². The number of carboxylic acid groups (broad SMARTS) is 1. The van der Waals surface area contributed by atoms with Gasteiger partial charge >= 0.3 is 12.1 Å². The summed E-state index contributed by atoms with van der Waals surface area (Å²) in [7, 11) is 0. The summed E-state index contributed by atoms with van der Waals surface area (Å²) in [5.41, 5.74) is 4.60. The van der Waals surface area contributed by atoms with E-state index in [2.05, 4.69) is 29.6 Å². The fraction of sp³-hybridized carbons (Fsp3) is 0.444. The zero-order chi connectivity index (χ0) is 23.4. The van der Waals surface area contributed by atoms with Gasteiger partial charge in [-0.1, -0.05) is 61.4 Å². The minimum atomic E-state index is -0.834. The van der Waals surface area contributed by atoms with Crippen LogP contribution in [0.15, 0.2) is 48.5 Å². The van der Waals surface area contributed by atoms with Crippen molar-refractivity contribution in [1.29, 1.82) is 0 Å². The molecule has 0 aromatic heterocycles. The first-order valence-corrected chi connectivity index (χ1v) is 12.2. The molecule has 3 aliphatic carbocycles. The van der Waals surface area contributed by atoms with Crippen LogP contribution in [0.3, 0.4) is 0 Å². The van der Waals surface area contributed by atoms with E-state index in [9.17, 15) is 19.5 Å². The number of alkyl carbamates (subject to hydrolysis) is 1. The van der Waals surface area contributed by atoms with Crippen LogP contribution < -0.4 is 5.32 Å². The molecule has 34 heavy (non-hydrogen) atoms. The summed E-state index contributed by atoms with van der Waals surface area (Å²) in [6.07, 6.45) is 2.83. The third-order valence-corrected chi connectivity index (χ3v) is 8.07. The molecular formula is C27H28N2O5. The minimum Gasteiger partial charge on any atom is -0.481 e. The second kappa shape index (κ2) is 8.15. The first kappa shape index (κ1) is 21.2. The average Bonchev–Trinajstić information content (AvgIpc) is 3.27. The number of nitrogens with zero attached hydrogens (tertiary/aromatic N) is 1. The molecule has 7 nitrogen and oxygen atoms in total. The minimum absolute atomic E-state index is 0.0301. The Labute approximate surface area is 198 Å². The number of fused-ring (bicyclic) bond motifs is 4. The molecule has 2 aromatic rings. The number of nitrogens with one attached hydrogen (secondary N) is 1. The molecule has 2 saturated heterocycles. The van der Waals surface area contributed by atoms with Crippen LogP contribution in [0, 0.1) is 17.8 Å². The summed E-state index contributed by atoms with van der Waals surface area (Å²) < 4.78 is 5.67. The Bertz CT molecular complexity index is 1110. The molecule has 2 saturated carbocycles. The lowest BCUT2D eigenvalue weighted by molar-refractivity contribution is -0.148. The molecule has 2 N–H and O–H groups in total. The summed E-state index contributed by atoms with van der Waals surface area (Å²) in [6.45, 7) is 0.660. The van der Waals surface area contributed by atoms with Crippen LogP contribution in [-0.4, -0.2) is 53.2 Å². The van der Waals surface area contributed by atoms with E-state index in [0.717, 1.165) is 41.5 Å². The predicted molar refractivity (Wildman–Crippen MR) is 124 cm³/mol. The smallest absolute Gasteiger partial charge is 0.407 e. The lowest BCUT2D eigenvalue weighted by atomic mass is 9.74. The number of hydrogen-bond donors (Lipinski definition) is 2. The molecule has 2 bridgehead atoms. The Morgan fingerprint density at radius 1 is 1.03 bits per heavy atom. The van der Waals surface area contributed by atoms with Crippen LogP contribution in [0.2, 0.25) is 0 Å². The number of rotatable bonds is 7. The quantitative estimate of drug-likeness (QED) is 0.658. The van der Waals surface area contributed by atoms with E-state index in [4.69, 9.17) is 4.74 Å². The Morgan fingerprint density at radius 3 is 2.26 bits per heavy atom. The zero-order valence-electron chi connectivity index (χ0n) is 18.9. The first-order valence-electron chi connectivity index (χ1n) is 12.2. The molecule has 7 rings (SSSR count). The Kier molecular flexibility index (Phi) is 5.08. The summed E-state index contributed by atoms with van der Waals surface area (Å²) in [6, 6.07) is 15.4. The van der Waals surface area contributed by atoms with E-state index in [1.165, 1.54) is 0 Å². The van der Waals surface area contributed by atoms with E-state index >= 15 is 0 Å². The van der Waals surface area contributed by atoms with Gasteiger partial charge in [-0.05, 0) is 46.9 Å². The van der Waals surface area contributed by atoms with Gasteiger partial charge in [-0.2, -0.15) is 0 Å². The highest BCUT2D eigenvalue weighted by Crippen LogP contribution is 2.47. The number of carbonyl (C=O) groups is 3. The molecule has 176 valence electrons. The van der Waals surface area contributed by atoms with Crippen LogP contribution in [-0.2, 0) is 14.3 Å². The molecule has 2 aliphatic heterocycles. The van der Waals surface area contributed by atoms with Crippen molar-refractivity contribution >= 4 is 18.0 Å². The van der Waals surface area contributed by atoms with Gasteiger partial charge in [0.2, 0.25) is 5.91 Å². The van der Waals surface area contributed by atoms with Gasteiger partial charge in [-0.15, -0.1) is 0 Å². The first-order chi connectivity index (χ1) is 16.5. The Morgan fingerprint density at radius 2 is 1.68 bits per heavy atom. The summed E-state index contributed by atoms with van der Waals surface area (Å²) >= 11 is 0. The monoisotopic (exact) mass is 460 g/mol. The lowest BCUT2D eigenvalue weighted by Crippen LogP contribution is -2.52. The number of hydrogen-bond acceptors (Lipinski definition) is 4. The van der Waals surface area contributed by atoms with Gasteiger partial charge in [0.25, 0.3) is 0 Å². The third-order valence-electron chi connectivity index (χ3n) is 8.07. The van der Waals surface area contributed by atoms with Crippen molar-refractivity contribution in [3.05, 3.63) is 59.7 Å². The van der Waals surface area contributed by atoms with E-state index in [-0.39, 0.29) is 30.4 Å². The maximum Gasteiger partial charge on any atom is 0.407 e. The van der Waals surface area contributed by atoms with Gasteiger partial charge in [0.15, 0.2) is 0 Å². The van der Waals surface area contributed by atoms with Crippen molar-refractivity contribution < 1.29 is 24.2 Å². The van der Waals surface area contributed by atoms with Crippen LogP contribution in [0.4, 0.5) is 4.79 Å². The van der Waals surface area contributed by atoms with Gasteiger partial charge in [0.1, 0.15) is 12.6 Å². The molecule has 5 aliphatic rings. The molecule has 4 atom stereocenters. The molecule has 3 unspecified atom stereocenters. The van der Waals surface area contributed by atoms with Gasteiger partial charge in [0.05, 0.1) is 5.92 Å². The highest BCUT2D eigenvalue weighted by Gasteiger charge is 2.57. The highest BCUT2D eigenvalue weighted by molar-refractivity contribution is 5.88. The molecule has 0 spiro atoms. The molecule has 2 amide bonds. The number of aliphatic carboxylic acids is 1. The second-order valence-corrected chi connectivity index (χ2v) is 10.1. The van der Waals surface area contributed by atoms with Crippen LogP contribution >= 0.6 is 0 Å². The van der Waals surface area contributed by atoms with Crippen molar-refractivity contribution in [2.45, 2.75) is 43.7 Å². The van der Waals surface area contributed by atoms with E-state index in [1.54, 1.807) is 4.90 Å². The molecule has 2 aromatic carbocycles. The van der Waals surface area contributed by atoms with Crippen molar-refractivity contribution in [1.82, 2.24) is 10.2 Å². The maximum absolute atomic E-state index is 13.3. The summed E-state index contributed by atoms with van der Waals surface area (Å²) in [5, 5.41) is 12.3. The van der Waals surface area contributed by atoms with Gasteiger partial charge in [0, 0.05) is 18.5 Å². The Hall–Kier alpha value is -3.35. The molecule has 4 fully saturated rings. The van der Waals surface area contributed by atoms with E-state index in [0.29, 0.717) is 18.9 Å². The third kappa shape index (κ3) is 3.54. The molecule has 2 heterocycles. The number of amides is 2. The summed E-state index contributed by atoms with van der Waals surface area (Å²) in [4.78, 5) is 39.3. The highest BCUT2D eigenvalue weighted by atomic mass is 16.5. The van der Waals surface area contributed by atoms with Crippen molar-refractivity contribution in [3.63, 3.8) is 0 Å². The maximum atomic E-state index is 13.3. The predicted octanol–water partition coefficient (Wildman–Crippen LogP) is 3.63. The van der Waals surface area contributed by atoms with Gasteiger partial charge in [-0.25, -0.2) is 4.79 Å².